The molecule has 0 aliphatic heterocycles. The number of hydrogen-bond donors (Lipinski definition) is 1. The van der Waals surface area contributed by atoms with Gasteiger partial charge < -0.3 is 5.11 Å². The maximum Gasteiger partial charge on any atom is 0.313 e. The zero-order valence-electron chi connectivity index (χ0n) is 14.4. The average molecular weight is 481 g/mol. The summed E-state index contributed by atoms with van der Waals surface area (Å²) in [6.07, 6.45) is 4.55. The third-order valence-electron chi connectivity index (χ3n) is 4.34. The molecule has 3 aromatic rings. The van der Waals surface area contributed by atoms with Gasteiger partial charge in [0.1, 0.15) is 15.7 Å². The van der Waals surface area contributed by atoms with Crippen LogP contribution >= 0.6 is 50.8 Å². The highest BCUT2D eigenvalue weighted by Gasteiger charge is 2.21. The summed E-state index contributed by atoms with van der Waals surface area (Å²) in [4.78, 5) is 24.2. The van der Waals surface area contributed by atoms with Crippen LogP contribution in [0.25, 0.3) is 10.2 Å². The second-order valence-corrected chi connectivity index (χ2v) is 10.3. The summed E-state index contributed by atoms with van der Waals surface area (Å²) in [6, 6.07) is 8.18. The standard InChI is InChI=1S/C19H17BrN2O2S3/c20-11-5-7-12(8-6-11)25-9-15-21-18(26-10-16(23)24)17-13-3-1-2-4-14(13)27-19(17)22-15/h5-8H,1-4,9-10H2,(H,23,24). The van der Waals surface area contributed by atoms with E-state index >= 15 is 0 Å². The molecule has 0 spiro atoms. The minimum atomic E-state index is -0.818. The lowest BCUT2D eigenvalue weighted by Crippen LogP contribution is -2.03. The van der Waals surface area contributed by atoms with Crippen molar-refractivity contribution >= 4 is 67.0 Å². The van der Waals surface area contributed by atoms with Crippen LogP contribution in [-0.2, 0) is 23.4 Å². The van der Waals surface area contributed by atoms with Crippen molar-refractivity contribution in [2.45, 2.75) is 41.4 Å². The number of halogens is 1. The van der Waals surface area contributed by atoms with Crippen molar-refractivity contribution in [2.24, 2.45) is 0 Å². The maximum absolute atomic E-state index is 11.1. The molecule has 4 nitrogen and oxygen atoms in total. The first kappa shape index (κ1) is 19.2. The quantitative estimate of drug-likeness (QED) is 0.355. The number of fused-ring (bicyclic) bond motifs is 3. The van der Waals surface area contributed by atoms with E-state index in [1.807, 2.05) is 12.1 Å². The molecule has 1 N–H and O–H groups in total. The molecular formula is C19H17BrN2O2S3. The van der Waals surface area contributed by atoms with Crippen molar-refractivity contribution in [3.8, 4) is 0 Å². The molecule has 2 aromatic heterocycles. The minimum Gasteiger partial charge on any atom is -0.481 e. The molecule has 0 atom stereocenters. The Morgan fingerprint density at radius 2 is 1.93 bits per heavy atom. The van der Waals surface area contributed by atoms with E-state index in [9.17, 15) is 4.79 Å². The summed E-state index contributed by atoms with van der Waals surface area (Å²) in [5, 5.41) is 11.0. The summed E-state index contributed by atoms with van der Waals surface area (Å²) in [5.74, 6) is 0.639. The van der Waals surface area contributed by atoms with Crippen molar-refractivity contribution in [3.63, 3.8) is 0 Å². The normalized spacial score (nSPS) is 13.7. The summed E-state index contributed by atoms with van der Waals surface area (Å²) in [6.45, 7) is 0. The lowest BCUT2D eigenvalue weighted by atomic mass is 9.97. The number of rotatable bonds is 6. The van der Waals surface area contributed by atoms with Crippen LogP contribution < -0.4 is 0 Å². The molecule has 140 valence electrons. The molecule has 8 heteroatoms. The number of thioether (sulfide) groups is 2. The molecule has 0 saturated heterocycles. The first-order chi connectivity index (χ1) is 13.1. The van der Waals surface area contributed by atoms with Crippen LogP contribution in [0, 0.1) is 0 Å². The average Bonchev–Trinajstić information content (AvgIpc) is 3.04. The molecule has 0 fully saturated rings. The van der Waals surface area contributed by atoms with Gasteiger partial charge in [-0.15, -0.1) is 23.1 Å². The second kappa shape index (κ2) is 8.51. The lowest BCUT2D eigenvalue weighted by Gasteiger charge is -2.11. The minimum absolute atomic E-state index is 0.0238. The first-order valence-corrected chi connectivity index (χ1v) is 12.2. The molecule has 4 rings (SSSR count). The van der Waals surface area contributed by atoms with Crippen molar-refractivity contribution in [2.75, 3.05) is 5.75 Å². The Bertz CT molecular complexity index is 989. The molecule has 1 aliphatic rings. The first-order valence-electron chi connectivity index (χ1n) is 8.64. The predicted molar refractivity (Wildman–Crippen MR) is 116 cm³/mol. The molecule has 0 saturated carbocycles. The Kier molecular flexibility index (Phi) is 6.06. The summed E-state index contributed by atoms with van der Waals surface area (Å²) in [5.41, 5.74) is 1.35. The molecule has 1 aliphatic carbocycles. The van der Waals surface area contributed by atoms with Crippen LogP contribution in [-0.4, -0.2) is 26.8 Å². The molecule has 0 bridgehead atoms. The summed E-state index contributed by atoms with van der Waals surface area (Å²) < 4.78 is 1.06. The molecule has 27 heavy (non-hydrogen) atoms. The van der Waals surface area contributed by atoms with E-state index in [1.165, 1.54) is 35.0 Å². The summed E-state index contributed by atoms with van der Waals surface area (Å²) in [7, 11) is 0. The lowest BCUT2D eigenvalue weighted by molar-refractivity contribution is -0.133. The highest BCUT2D eigenvalue weighted by atomic mass is 79.9. The van der Waals surface area contributed by atoms with Gasteiger partial charge in [0.15, 0.2) is 0 Å². The van der Waals surface area contributed by atoms with Crippen LogP contribution in [0.5, 0.6) is 0 Å². The molecule has 0 radical (unpaired) electrons. The van der Waals surface area contributed by atoms with Crippen LogP contribution in [0.15, 0.2) is 38.7 Å². The van der Waals surface area contributed by atoms with Gasteiger partial charge >= 0.3 is 5.97 Å². The SMILES string of the molecule is O=C(O)CSc1nc(CSc2ccc(Br)cc2)nc2sc3c(c12)CCCC3. The highest BCUT2D eigenvalue weighted by Crippen LogP contribution is 2.40. The van der Waals surface area contributed by atoms with Crippen molar-refractivity contribution in [1.29, 1.82) is 0 Å². The van der Waals surface area contributed by atoms with Gasteiger partial charge in [0.2, 0.25) is 0 Å². The molecule has 1 aromatic carbocycles. The predicted octanol–water partition coefficient (Wildman–Crippen LogP) is 5.80. The van der Waals surface area contributed by atoms with Gasteiger partial charge in [-0.05, 0) is 55.5 Å². The van der Waals surface area contributed by atoms with E-state index in [4.69, 9.17) is 15.1 Å². The Labute approximate surface area is 178 Å². The fraction of sp³-hybridized carbons (Fsp3) is 0.316. The van der Waals surface area contributed by atoms with Crippen molar-refractivity contribution < 1.29 is 9.90 Å². The van der Waals surface area contributed by atoms with E-state index in [2.05, 4.69) is 28.1 Å². The van der Waals surface area contributed by atoms with Gasteiger partial charge in [0, 0.05) is 19.6 Å². The van der Waals surface area contributed by atoms with Crippen LogP contribution in [0.1, 0.15) is 29.1 Å². The Balaban J connectivity index is 1.66. The number of carboxylic acid groups (broad SMARTS) is 1. The van der Waals surface area contributed by atoms with Crippen LogP contribution in [0.2, 0.25) is 0 Å². The van der Waals surface area contributed by atoms with E-state index in [0.717, 1.165) is 43.3 Å². The number of carbonyl (C=O) groups is 1. The number of hydrogen-bond acceptors (Lipinski definition) is 6. The topological polar surface area (TPSA) is 63.1 Å². The third kappa shape index (κ3) is 4.50. The molecule has 0 unspecified atom stereocenters. The third-order valence-corrected chi connectivity index (χ3v) is 8.02. The maximum atomic E-state index is 11.1. The largest absolute Gasteiger partial charge is 0.481 e. The van der Waals surface area contributed by atoms with E-state index < -0.39 is 5.97 Å². The number of carboxylic acids is 1. The number of thiophene rings is 1. The zero-order chi connectivity index (χ0) is 18.8. The fourth-order valence-corrected chi connectivity index (χ4v) is 6.30. The van der Waals surface area contributed by atoms with Gasteiger partial charge in [-0.2, -0.15) is 0 Å². The number of nitrogens with zero attached hydrogens (tertiary/aromatic N) is 2. The van der Waals surface area contributed by atoms with Gasteiger partial charge in [0.25, 0.3) is 0 Å². The molecule has 2 heterocycles. The van der Waals surface area contributed by atoms with Gasteiger partial charge in [-0.25, -0.2) is 9.97 Å². The van der Waals surface area contributed by atoms with Crippen LogP contribution in [0.3, 0.4) is 0 Å². The van der Waals surface area contributed by atoms with Gasteiger partial charge in [-0.1, -0.05) is 27.7 Å². The van der Waals surface area contributed by atoms with Crippen LogP contribution in [0.4, 0.5) is 0 Å². The highest BCUT2D eigenvalue weighted by molar-refractivity contribution is 9.10. The summed E-state index contributed by atoms with van der Waals surface area (Å²) >= 11 is 8.22. The van der Waals surface area contributed by atoms with Gasteiger partial charge in [-0.3, -0.25) is 4.79 Å². The smallest absolute Gasteiger partial charge is 0.313 e. The van der Waals surface area contributed by atoms with E-state index in [-0.39, 0.29) is 5.75 Å². The van der Waals surface area contributed by atoms with E-state index in [0.29, 0.717) is 5.75 Å². The number of aryl methyl sites for hydroxylation is 2. The number of benzene rings is 1. The van der Waals surface area contributed by atoms with Crippen molar-refractivity contribution in [3.05, 3.63) is 45.0 Å². The Hall–Kier alpha value is -1.09. The van der Waals surface area contributed by atoms with Gasteiger partial charge in [0.05, 0.1) is 11.5 Å². The Morgan fingerprint density at radius 1 is 1.15 bits per heavy atom. The van der Waals surface area contributed by atoms with Crippen molar-refractivity contribution in [1.82, 2.24) is 9.97 Å². The second-order valence-electron chi connectivity index (χ2n) is 6.26. The Morgan fingerprint density at radius 3 is 2.70 bits per heavy atom. The molecular weight excluding hydrogens is 464 g/mol. The zero-order valence-corrected chi connectivity index (χ0v) is 18.4. The fourth-order valence-electron chi connectivity index (χ4n) is 3.14. The monoisotopic (exact) mass is 480 g/mol. The molecule has 0 amide bonds. The van der Waals surface area contributed by atoms with E-state index in [1.54, 1.807) is 23.1 Å². The number of aromatic nitrogens is 2. The number of aliphatic carboxylic acids is 1.